The van der Waals surface area contributed by atoms with Gasteiger partial charge < -0.3 is 10.2 Å². The zero-order valence-corrected chi connectivity index (χ0v) is 15.8. The quantitative estimate of drug-likeness (QED) is 0.591. The second-order valence-electron chi connectivity index (χ2n) is 6.73. The van der Waals surface area contributed by atoms with Crippen LogP contribution in [-0.4, -0.2) is 28.4 Å². The van der Waals surface area contributed by atoms with Crippen LogP contribution in [0.5, 0.6) is 0 Å². The first-order valence-corrected chi connectivity index (χ1v) is 9.82. The van der Waals surface area contributed by atoms with Crippen LogP contribution in [0.1, 0.15) is 11.1 Å². The molecule has 1 N–H and O–H groups in total. The number of aromatic nitrogens is 3. The molecule has 4 aromatic rings. The Bertz CT molecular complexity index is 1110. The molecule has 0 spiro atoms. The summed E-state index contributed by atoms with van der Waals surface area (Å²) < 4.78 is 0. The van der Waals surface area contributed by atoms with E-state index in [0.717, 1.165) is 34.1 Å². The summed E-state index contributed by atoms with van der Waals surface area (Å²) in [5.41, 5.74) is 3.86. The van der Waals surface area contributed by atoms with Crippen LogP contribution in [0.4, 0.5) is 5.13 Å². The van der Waals surface area contributed by atoms with E-state index in [1.165, 1.54) is 16.5 Å². The van der Waals surface area contributed by atoms with Gasteiger partial charge in [0.1, 0.15) is 5.01 Å². The van der Waals surface area contributed by atoms with Crippen LogP contribution in [0.3, 0.4) is 0 Å². The fourth-order valence-electron chi connectivity index (χ4n) is 3.65. The lowest BCUT2D eigenvalue weighted by atomic mass is 9.98. The van der Waals surface area contributed by atoms with Crippen LogP contribution >= 0.6 is 11.3 Å². The van der Waals surface area contributed by atoms with Crippen molar-refractivity contribution in [3.05, 3.63) is 72.1 Å². The second-order valence-corrected chi connectivity index (χ2v) is 7.69. The van der Waals surface area contributed by atoms with E-state index >= 15 is 0 Å². The fourth-order valence-corrected chi connectivity index (χ4v) is 4.54. The van der Waals surface area contributed by atoms with E-state index in [9.17, 15) is 0 Å². The highest BCUT2D eigenvalue weighted by atomic mass is 32.1. The van der Waals surface area contributed by atoms with E-state index in [-0.39, 0.29) is 6.17 Å². The summed E-state index contributed by atoms with van der Waals surface area (Å²) in [6.45, 7) is 0.847. The van der Waals surface area contributed by atoms with E-state index in [1.807, 2.05) is 25.5 Å². The maximum Gasteiger partial charge on any atom is 0.210 e. The Kier molecular flexibility index (Phi) is 4.07. The molecule has 1 aliphatic rings. The Morgan fingerprint density at radius 1 is 1.04 bits per heavy atom. The molecule has 134 valence electrons. The van der Waals surface area contributed by atoms with Gasteiger partial charge >= 0.3 is 0 Å². The highest BCUT2D eigenvalue weighted by molar-refractivity contribution is 7.18. The van der Waals surface area contributed by atoms with Gasteiger partial charge in [-0.1, -0.05) is 47.7 Å². The first-order chi connectivity index (χ1) is 13.3. The number of benzene rings is 2. The maximum atomic E-state index is 4.51. The van der Waals surface area contributed by atoms with E-state index in [4.69, 9.17) is 0 Å². The second kappa shape index (κ2) is 6.72. The Labute approximate surface area is 161 Å². The van der Waals surface area contributed by atoms with Gasteiger partial charge in [-0.15, -0.1) is 10.2 Å². The number of hydrogen-bond donors (Lipinski definition) is 1. The van der Waals surface area contributed by atoms with Crippen molar-refractivity contribution in [3.8, 4) is 10.6 Å². The molecule has 6 heteroatoms. The van der Waals surface area contributed by atoms with Gasteiger partial charge in [0.05, 0.1) is 6.17 Å². The third-order valence-electron chi connectivity index (χ3n) is 5.13. The van der Waals surface area contributed by atoms with Crippen LogP contribution in [0.25, 0.3) is 21.3 Å². The molecular formula is C21H19N5S. The van der Waals surface area contributed by atoms with E-state index in [1.54, 1.807) is 11.3 Å². The molecule has 1 atom stereocenters. The lowest BCUT2D eigenvalue weighted by Gasteiger charge is -2.36. The molecule has 27 heavy (non-hydrogen) atoms. The molecule has 5 rings (SSSR count). The smallest absolute Gasteiger partial charge is 0.210 e. The fraction of sp³-hybridized carbons (Fsp3) is 0.190. The van der Waals surface area contributed by atoms with Crippen molar-refractivity contribution in [1.29, 1.82) is 0 Å². The molecule has 3 heterocycles. The first kappa shape index (κ1) is 16.4. The van der Waals surface area contributed by atoms with E-state index in [0.29, 0.717) is 0 Å². The van der Waals surface area contributed by atoms with Gasteiger partial charge in [-0.05, 0) is 35.7 Å². The molecule has 0 radical (unpaired) electrons. The largest absolute Gasteiger partial charge is 0.326 e. The summed E-state index contributed by atoms with van der Waals surface area (Å²) in [6, 6.07) is 17.0. The van der Waals surface area contributed by atoms with Crippen LogP contribution < -0.4 is 10.2 Å². The third-order valence-corrected chi connectivity index (χ3v) is 6.14. The van der Waals surface area contributed by atoms with Crippen LogP contribution in [0.2, 0.25) is 0 Å². The number of rotatable bonds is 3. The van der Waals surface area contributed by atoms with Crippen molar-refractivity contribution in [2.75, 3.05) is 11.9 Å². The monoisotopic (exact) mass is 373 g/mol. The predicted molar refractivity (Wildman–Crippen MR) is 110 cm³/mol. The van der Waals surface area contributed by atoms with Crippen LogP contribution in [0, 0.1) is 0 Å². The highest BCUT2D eigenvalue weighted by Gasteiger charge is 2.27. The van der Waals surface area contributed by atoms with E-state index < -0.39 is 0 Å². The Balaban J connectivity index is 1.49. The first-order valence-electron chi connectivity index (χ1n) is 9.00. The standard InChI is InChI=1S/C21H19N5S/c1-22-19-11-14-4-2-3-5-18(14)13-26(19)21-25-24-20(27-21)16-6-7-17-12-23-9-8-15(17)10-16/h2-10,12,19,22H,11,13H2,1H3/t19-/m1/s1. The lowest BCUT2D eigenvalue weighted by Crippen LogP contribution is -2.48. The summed E-state index contributed by atoms with van der Waals surface area (Å²) in [6.07, 6.45) is 4.89. The van der Waals surface area contributed by atoms with Crippen LogP contribution in [-0.2, 0) is 13.0 Å². The highest BCUT2D eigenvalue weighted by Crippen LogP contribution is 2.34. The molecule has 0 fully saturated rings. The van der Waals surface area contributed by atoms with Gasteiger partial charge in [-0.3, -0.25) is 4.98 Å². The lowest BCUT2D eigenvalue weighted by molar-refractivity contribution is 0.492. The van der Waals surface area contributed by atoms with Crippen LogP contribution in [0.15, 0.2) is 60.9 Å². The molecule has 2 aromatic heterocycles. The predicted octanol–water partition coefficient (Wildman–Crippen LogP) is 3.86. The summed E-state index contributed by atoms with van der Waals surface area (Å²) in [4.78, 5) is 6.49. The van der Waals surface area contributed by atoms with Gasteiger partial charge in [0.15, 0.2) is 0 Å². The average molecular weight is 373 g/mol. The minimum absolute atomic E-state index is 0.225. The summed E-state index contributed by atoms with van der Waals surface area (Å²) in [7, 11) is 2.00. The third kappa shape index (κ3) is 2.97. The van der Waals surface area contributed by atoms with Gasteiger partial charge in [-0.2, -0.15) is 0 Å². The number of nitrogens with zero attached hydrogens (tertiary/aromatic N) is 4. The summed E-state index contributed by atoms with van der Waals surface area (Å²) >= 11 is 1.64. The zero-order valence-electron chi connectivity index (χ0n) is 15.0. The molecule has 0 bridgehead atoms. The van der Waals surface area contributed by atoms with Crippen molar-refractivity contribution in [3.63, 3.8) is 0 Å². The Morgan fingerprint density at radius 3 is 2.81 bits per heavy atom. The van der Waals surface area contributed by atoms with Gasteiger partial charge in [0, 0.05) is 36.3 Å². The average Bonchev–Trinajstić information content (AvgIpc) is 3.22. The van der Waals surface area contributed by atoms with E-state index in [2.05, 4.69) is 67.9 Å². The minimum atomic E-state index is 0.225. The molecule has 0 unspecified atom stereocenters. The molecule has 0 saturated heterocycles. The van der Waals surface area contributed by atoms with Crippen molar-refractivity contribution in [2.45, 2.75) is 19.1 Å². The van der Waals surface area contributed by atoms with Crippen molar-refractivity contribution in [2.24, 2.45) is 0 Å². The number of pyridine rings is 1. The maximum absolute atomic E-state index is 4.51. The molecule has 0 amide bonds. The molecule has 0 aliphatic carbocycles. The molecular weight excluding hydrogens is 354 g/mol. The molecule has 1 aliphatic heterocycles. The SMILES string of the molecule is CN[C@H]1Cc2ccccc2CN1c1nnc(-c2ccc3cnccc3c2)s1. The Morgan fingerprint density at radius 2 is 1.93 bits per heavy atom. The number of anilines is 1. The summed E-state index contributed by atoms with van der Waals surface area (Å²) in [5.74, 6) is 0. The number of fused-ring (bicyclic) bond motifs is 2. The number of hydrogen-bond acceptors (Lipinski definition) is 6. The van der Waals surface area contributed by atoms with Gasteiger partial charge in [0.25, 0.3) is 0 Å². The van der Waals surface area contributed by atoms with Gasteiger partial charge in [-0.25, -0.2) is 0 Å². The van der Waals surface area contributed by atoms with Gasteiger partial charge in [0.2, 0.25) is 5.13 Å². The molecule has 5 nitrogen and oxygen atoms in total. The number of nitrogens with one attached hydrogen (secondary N) is 1. The molecule has 2 aromatic carbocycles. The zero-order chi connectivity index (χ0) is 18.2. The van der Waals surface area contributed by atoms with Crippen molar-refractivity contribution >= 4 is 27.2 Å². The topological polar surface area (TPSA) is 53.9 Å². The normalized spacial score (nSPS) is 16.5. The van der Waals surface area contributed by atoms with Crippen molar-refractivity contribution < 1.29 is 0 Å². The minimum Gasteiger partial charge on any atom is -0.326 e. The van der Waals surface area contributed by atoms with Crippen molar-refractivity contribution in [1.82, 2.24) is 20.5 Å². The number of likely N-dealkylation sites (N-methyl/N-ethyl adjacent to an activating group) is 1. The Hall–Kier alpha value is -2.83. The molecule has 0 saturated carbocycles. The summed E-state index contributed by atoms with van der Waals surface area (Å²) in [5, 5.41) is 16.6.